The van der Waals surface area contributed by atoms with Crippen molar-refractivity contribution in [1.29, 1.82) is 0 Å². The van der Waals surface area contributed by atoms with Crippen molar-refractivity contribution in [1.82, 2.24) is 30.0 Å². The van der Waals surface area contributed by atoms with E-state index in [9.17, 15) is 9.59 Å². The number of aromatic nitrogens is 5. The summed E-state index contributed by atoms with van der Waals surface area (Å²) in [6.45, 7) is 2.18. The minimum absolute atomic E-state index is 0.129. The van der Waals surface area contributed by atoms with Crippen LogP contribution in [0.2, 0.25) is 0 Å². The number of anilines is 1. The van der Waals surface area contributed by atoms with Gasteiger partial charge in [-0.15, -0.1) is 10.2 Å². The van der Waals surface area contributed by atoms with Crippen molar-refractivity contribution in [3.05, 3.63) is 65.2 Å². The van der Waals surface area contributed by atoms with Gasteiger partial charge in [0.2, 0.25) is 0 Å². The van der Waals surface area contributed by atoms with E-state index in [1.807, 2.05) is 18.2 Å². The molecule has 0 radical (unpaired) electrons. The van der Waals surface area contributed by atoms with Crippen LogP contribution in [-0.4, -0.2) is 50.3 Å². The number of carbonyl (C=O) groups excluding carboxylic acids is 1. The Hall–Kier alpha value is -3.49. The van der Waals surface area contributed by atoms with E-state index < -0.39 is 0 Å². The summed E-state index contributed by atoms with van der Waals surface area (Å²) in [5, 5.41) is 10.7. The second-order valence-corrected chi connectivity index (χ2v) is 6.82. The van der Waals surface area contributed by atoms with Crippen LogP contribution in [0.3, 0.4) is 0 Å². The molecule has 1 fully saturated rings. The smallest absolute Gasteiger partial charge is 0.253 e. The highest BCUT2D eigenvalue weighted by Gasteiger charge is 2.22. The Kier molecular flexibility index (Phi) is 5.14. The Balaban J connectivity index is 1.41. The van der Waals surface area contributed by atoms with Crippen LogP contribution >= 0.6 is 0 Å². The largest absolute Gasteiger partial charge is 0.356 e. The van der Waals surface area contributed by atoms with Crippen molar-refractivity contribution in [2.75, 3.05) is 24.5 Å². The number of rotatable bonds is 5. The Bertz CT molecular complexity index is 999. The molecule has 0 aliphatic carbocycles. The molecular formula is C19H21N7O2. The van der Waals surface area contributed by atoms with Crippen molar-refractivity contribution < 1.29 is 4.79 Å². The van der Waals surface area contributed by atoms with E-state index in [1.54, 1.807) is 23.3 Å². The average molecular weight is 379 g/mol. The van der Waals surface area contributed by atoms with Gasteiger partial charge in [0.15, 0.2) is 0 Å². The summed E-state index contributed by atoms with van der Waals surface area (Å²) >= 11 is 0. The number of H-pyrrole nitrogens is 1. The van der Waals surface area contributed by atoms with Crippen LogP contribution in [0.4, 0.5) is 5.82 Å². The van der Waals surface area contributed by atoms with Crippen LogP contribution in [0.25, 0.3) is 5.69 Å². The molecule has 144 valence electrons. The van der Waals surface area contributed by atoms with Gasteiger partial charge in [-0.05, 0) is 30.9 Å². The highest BCUT2D eigenvalue weighted by molar-refractivity contribution is 5.97. The fraction of sp³-hybridized carbons (Fsp3) is 0.316. The van der Waals surface area contributed by atoms with E-state index in [2.05, 4.69) is 30.4 Å². The average Bonchev–Trinajstić information content (AvgIpc) is 3.27. The van der Waals surface area contributed by atoms with Gasteiger partial charge in [-0.2, -0.15) is 0 Å². The van der Waals surface area contributed by atoms with Gasteiger partial charge < -0.3 is 15.2 Å². The summed E-state index contributed by atoms with van der Waals surface area (Å²) in [6, 6.07) is 8.87. The number of nitrogens with one attached hydrogen (secondary N) is 2. The molecule has 1 aliphatic heterocycles. The molecule has 1 saturated heterocycles. The first kappa shape index (κ1) is 17.9. The van der Waals surface area contributed by atoms with E-state index >= 15 is 0 Å². The molecule has 3 heterocycles. The molecule has 1 aliphatic rings. The van der Waals surface area contributed by atoms with E-state index in [1.165, 1.54) is 12.4 Å². The molecule has 1 aromatic carbocycles. The van der Waals surface area contributed by atoms with Gasteiger partial charge in [-0.25, -0.2) is 4.98 Å². The number of benzene rings is 1. The van der Waals surface area contributed by atoms with Crippen LogP contribution in [0, 0.1) is 5.92 Å². The predicted octanol–water partition coefficient (Wildman–Crippen LogP) is 0.997. The zero-order valence-corrected chi connectivity index (χ0v) is 15.3. The second-order valence-electron chi connectivity index (χ2n) is 6.82. The first-order chi connectivity index (χ1) is 13.7. The lowest BCUT2D eigenvalue weighted by atomic mass is 9.98. The number of amides is 1. The fourth-order valence-electron chi connectivity index (χ4n) is 3.52. The third-order valence-corrected chi connectivity index (χ3v) is 4.90. The summed E-state index contributed by atoms with van der Waals surface area (Å²) in [6.07, 6.45) is 6.57. The third-order valence-electron chi connectivity index (χ3n) is 4.90. The zero-order valence-electron chi connectivity index (χ0n) is 15.3. The lowest BCUT2D eigenvalue weighted by molar-refractivity contribution is 0.0945. The van der Waals surface area contributed by atoms with Crippen LogP contribution in [-0.2, 0) is 0 Å². The molecule has 9 nitrogen and oxygen atoms in total. The number of carbonyl (C=O) groups is 1. The Morgan fingerprint density at radius 1 is 1.25 bits per heavy atom. The summed E-state index contributed by atoms with van der Waals surface area (Å²) in [7, 11) is 0. The second kappa shape index (κ2) is 8.03. The minimum atomic E-state index is -0.161. The maximum atomic E-state index is 12.8. The highest BCUT2D eigenvalue weighted by atomic mass is 16.1. The summed E-state index contributed by atoms with van der Waals surface area (Å²) in [5.74, 6) is 0.842. The summed E-state index contributed by atoms with van der Waals surface area (Å²) in [4.78, 5) is 33.2. The number of nitrogens with zero attached hydrogens (tertiary/aromatic N) is 5. The molecule has 9 heteroatoms. The van der Waals surface area contributed by atoms with Crippen molar-refractivity contribution in [2.45, 2.75) is 12.8 Å². The number of piperidine rings is 1. The lowest BCUT2D eigenvalue weighted by Crippen LogP contribution is -2.41. The van der Waals surface area contributed by atoms with Crippen LogP contribution < -0.4 is 15.8 Å². The highest BCUT2D eigenvalue weighted by Crippen LogP contribution is 2.20. The normalized spacial score (nSPS) is 16.7. The van der Waals surface area contributed by atoms with Crippen LogP contribution in [0.5, 0.6) is 0 Å². The molecule has 0 spiro atoms. The molecule has 2 N–H and O–H groups in total. The van der Waals surface area contributed by atoms with Gasteiger partial charge in [0.25, 0.3) is 11.5 Å². The van der Waals surface area contributed by atoms with Gasteiger partial charge in [0.1, 0.15) is 18.5 Å². The quantitative estimate of drug-likeness (QED) is 0.684. The lowest BCUT2D eigenvalue weighted by Gasteiger charge is -2.33. The van der Waals surface area contributed by atoms with E-state index in [0.717, 1.165) is 31.6 Å². The Morgan fingerprint density at radius 3 is 2.89 bits per heavy atom. The third kappa shape index (κ3) is 3.93. The van der Waals surface area contributed by atoms with Crippen LogP contribution in [0.15, 0.2) is 54.1 Å². The molecule has 1 unspecified atom stereocenters. The molecular weight excluding hydrogens is 358 g/mol. The number of aromatic amines is 1. The molecule has 1 atom stereocenters. The number of hydrogen-bond donors (Lipinski definition) is 2. The van der Waals surface area contributed by atoms with Gasteiger partial charge in [0, 0.05) is 25.7 Å². The van der Waals surface area contributed by atoms with Gasteiger partial charge >= 0.3 is 0 Å². The van der Waals surface area contributed by atoms with Crippen molar-refractivity contribution >= 4 is 11.7 Å². The van der Waals surface area contributed by atoms with E-state index in [4.69, 9.17) is 0 Å². The SMILES string of the molecule is O=C(NCC1CCCN(c2cc(=O)[nH]cn2)C1)c1ccccc1-n1cnnc1. The van der Waals surface area contributed by atoms with Gasteiger partial charge in [-0.3, -0.25) is 14.2 Å². The molecule has 4 rings (SSSR count). The summed E-state index contributed by atoms with van der Waals surface area (Å²) < 4.78 is 1.72. The maximum absolute atomic E-state index is 12.8. The van der Waals surface area contributed by atoms with E-state index in [0.29, 0.717) is 23.8 Å². The first-order valence-corrected chi connectivity index (χ1v) is 9.22. The Morgan fingerprint density at radius 2 is 2.07 bits per heavy atom. The van der Waals surface area contributed by atoms with Gasteiger partial charge in [-0.1, -0.05) is 12.1 Å². The molecule has 1 amide bonds. The Labute approximate surface area is 161 Å². The molecule has 0 bridgehead atoms. The predicted molar refractivity (Wildman–Crippen MR) is 103 cm³/mol. The zero-order chi connectivity index (χ0) is 19.3. The monoisotopic (exact) mass is 379 g/mol. The first-order valence-electron chi connectivity index (χ1n) is 9.22. The standard InChI is InChI=1S/C19H21N7O2/c27-18-8-17(21-11-22-18)25-7-3-4-14(10-25)9-20-19(28)15-5-1-2-6-16(15)26-12-23-24-13-26/h1-2,5-6,8,11-14H,3-4,7,9-10H2,(H,20,28)(H,21,22,27). The number of hydrogen-bond acceptors (Lipinski definition) is 6. The molecule has 2 aromatic heterocycles. The fourth-order valence-corrected chi connectivity index (χ4v) is 3.52. The van der Waals surface area contributed by atoms with Crippen LogP contribution in [0.1, 0.15) is 23.2 Å². The molecule has 0 saturated carbocycles. The van der Waals surface area contributed by atoms with E-state index in [-0.39, 0.29) is 11.5 Å². The maximum Gasteiger partial charge on any atom is 0.253 e. The number of para-hydroxylation sites is 1. The topological polar surface area (TPSA) is 109 Å². The molecule has 3 aromatic rings. The van der Waals surface area contributed by atoms with Crippen molar-refractivity contribution in [3.63, 3.8) is 0 Å². The summed E-state index contributed by atoms with van der Waals surface area (Å²) in [5.41, 5.74) is 1.15. The van der Waals surface area contributed by atoms with Crippen molar-refractivity contribution in [2.24, 2.45) is 5.92 Å². The molecule has 28 heavy (non-hydrogen) atoms. The minimum Gasteiger partial charge on any atom is -0.356 e. The van der Waals surface area contributed by atoms with Gasteiger partial charge in [0.05, 0.1) is 17.6 Å². The van der Waals surface area contributed by atoms with Crippen molar-refractivity contribution in [3.8, 4) is 5.69 Å².